The Bertz CT molecular complexity index is 626. The van der Waals surface area contributed by atoms with Gasteiger partial charge in [-0.2, -0.15) is 0 Å². The number of carbonyl (C=O) groups excluding carboxylic acids is 2. The van der Waals surface area contributed by atoms with Gasteiger partial charge in [-0.3, -0.25) is 9.59 Å². The van der Waals surface area contributed by atoms with E-state index < -0.39 is 0 Å². The molecule has 0 bridgehead atoms. The molecule has 4 heteroatoms. The molecule has 0 aromatic heterocycles. The molecule has 0 aliphatic heterocycles. The molecular formula is C17H17NO2S. The van der Waals surface area contributed by atoms with Gasteiger partial charge in [0, 0.05) is 24.5 Å². The van der Waals surface area contributed by atoms with Crippen molar-refractivity contribution in [2.24, 2.45) is 0 Å². The average molecular weight is 299 g/mol. The molecule has 21 heavy (non-hydrogen) atoms. The number of thioether (sulfide) groups is 1. The van der Waals surface area contributed by atoms with Crippen molar-refractivity contribution in [3.05, 3.63) is 60.2 Å². The SMILES string of the molecule is CC(=O)N(C(C)=O)c1ccccc1SCc1ccccc1. The highest BCUT2D eigenvalue weighted by atomic mass is 32.2. The summed E-state index contributed by atoms with van der Waals surface area (Å²) in [5.41, 5.74) is 1.85. The van der Waals surface area contributed by atoms with Gasteiger partial charge in [-0.25, -0.2) is 4.90 Å². The van der Waals surface area contributed by atoms with Crippen LogP contribution < -0.4 is 4.90 Å². The lowest BCUT2D eigenvalue weighted by molar-refractivity contribution is -0.124. The lowest BCUT2D eigenvalue weighted by atomic mass is 10.2. The summed E-state index contributed by atoms with van der Waals surface area (Å²) >= 11 is 1.62. The largest absolute Gasteiger partial charge is 0.274 e. The maximum Gasteiger partial charge on any atom is 0.230 e. The summed E-state index contributed by atoms with van der Waals surface area (Å²) in [5.74, 6) is 0.257. The highest BCUT2D eigenvalue weighted by Crippen LogP contribution is 2.32. The van der Waals surface area contributed by atoms with Crippen molar-refractivity contribution in [2.45, 2.75) is 24.5 Å². The molecule has 0 aliphatic carbocycles. The van der Waals surface area contributed by atoms with E-state index in [0.29, 0.717) is 5.69 Å². The first-order chi connectivity index (χ1) is 10.1. The molecule has 3 nitrogen and oxygen atoms in total. The molecule has 0 heterocycles. The van der Waals surface area contributed by atoms with Gasteiger partial charge in [0.05, 0.1) is 5.69 Å². The highest BCUT2D eigenvalue weighted by molar-refractivity contribution is 7.98. The Hall–Kier alpha value is -2.07. The van der Waals surface area contributed by atoms with Crippen molar-refractivity contribution in [3.8, 4) is 0 Å². The van der Waals surface area contributed by atoms with Crippen LogP contribution in [0.3, 0.4) is 0 Å². The predicted octanol–water partition coefficient (Wildman–Crippen LogP) is 3.88. The van der Waals surface area contributed by atoms with Gasteiger partial charge < -0.3 is 0 Å². The Morgan fingerprint density at radius 1 is 0.905 bits per heavy atom. The number of benzene rings is 2. The van der Waals surface area contributed by atoms with Crippen LogP contribution >= 0.6 is 11.8 Å². The molecule has 2 aromatic rings. The number of carbonyl (C=O) groups is 2. The number of para-hydroxylation sites is 1. The second-order valence-electron chi connectivity index (χ2n) is 4.62. The standard InChI is InChI=1S/C17H17NO2S/c1-13(19)18(14(2)20)16-10-6-7-11-17(16)21-12-15-8-4-3-5-9-15/h3-11H,12H2,1-2H3. The second kappa shape index (κ2) is 7.09. The zero-order valence-electron chi connectivity index (χ0n) is 12.1. The average Bonchev–Trinajstić information content (AvgIpc) is 2.47. The maximum absolute atomic E-state index is 11.7. The summed E-state index contributed by atoms with van der Waals surface area (Å²) in [6.07, 6.45) is 0. The van der Waals surface area contributed by atoms with E-state index in [-0.39, 0.29) is 11.8 Å². The fourth-order valence-electron chi connectivity index (χ4n) is 2.06. The van der Waals surface area contributed by atoms with Crippen molar-refractivity contribution < 1.29 is 9.59 Å². The lowest BCUT2D eigenvalue weighted by Gasteiger charge is -2.20. The van der Waals surface area contributed by atoms with Crippen LogP contribution in [0.25, 0.3) is 0 Å². The van der Waals surface area contributed by atoms with Crippen molar-refractivity contribution in [1.29, 1.82) is 0 Å². The topological polar surface area (TPSA) is 37.4 Å². The van der Waals surface area contributed by atoms with Crippen LogP contribution in [0.4, 0.5) is 5.69 Å². The van der Waals surface area contributed by atoms with Gasteiger partial charge in [-0.05, 0) is 17.7 Å². The molecule has 0 spiro atoms. The summed E-state index contributed by atoms with van der Waals surface area (Å²) in [4.78, 5) is 25.6. The normalized spacial score (nSPS) is 10.2. The molecule has 0 fully saturated rings. The number of hydrogen-bond donors (Lipinski definition) is 0. The zero-order chi connectivity index (χ0) is 15.2. The van der Waals surface area contributed by atoms with Crippen LogP contribution in [0.5, 0.6) is 0 Å². The van der Waals surface area contributed by atoms with E-state index in [1.54, 1.807) is 17.8 Å². The minimum Gasteiger partial charge on any atom is -0.274 e. The van der Waals surface area contributed by atoms with E-state index in [4.69, 9.17) is 0 Å². The number of amides is 2. The van der Waals surface area contributed by atoms with Gasteiger partial charge in [0.1, 0.15) is 0 Å². The minimum absolute atomic E-state index is 0.268. The summed E-state index contributed by atoms with van der Waals surface area (Å²) in [5, 5.41) is 0. The fourth-order valence-corrected chi connectivity index (χ4v) is 3.06. The van der Waals surface area contributed by atoms with Crippen molar-refractivity contribution in [3.63, 3.8) is 0 Å². The molecule has 2 amide bonds. The Kier molecular flexibility index (Phi) is 5.17. The summed E-state index contributed by atoms with van der Waals surface area (Å²) in [7, 11) is 0. The van der Waals surface area contributed by atoms with Crippen LogP contribution in [0.2, 0.25) is 0 Å². The van der Waals surface area contributed by atoms with Crippen molar-refractivity contribution in [1.82, 2.24) is 0 Å². The Labute approximate surface area is 129 Å². The maximum atomic E-state index is 11.7. The van der Waals surface area contributed by atoms with E-state index in [1.165, 1.54) is 24.3 Å². The van der Waals surface area contributed by atoms with Crippen LogP contribution in [0, 0.1) is 0 Å². The van der Waals surface area contributed by atoms with Gasteiger partial charge in [-0.1, -0.05) is 42.5 Å². The Morgan fingerprint density at radius 3 is 2.10 bits per heavy atom. The fraction of sp³-hybridized carbons (Fsp3) is 0.176. The Balaban J connectivity index is 2.24. The van der Waals surface area contributed by atoms with Gasteiger partial charge in [0.15, 0.2) is 0 Å². The van der Waals surface area contributed by atoms with E-state index in [2.05, 4.69) is 12.1 Å². The van der Waals surface area contributed by atoms with Crippen LogP contribution in [0.1, 0.15) is 19.4 Å². The second-order valence-corrected chi connectivity index (χ2v) is 5.63. The quantitative estimate of drug-likeness (QED) is 0.804. The van der Waals surface area contributed by atoms with Crippen LogP contribution in [-0.2, 0) is 15.3 Å². The van der Waals surface area contributed by atoms with E-state index in [1.807, 2.05) is 36.4 Å². The molecule has 0 aliphatic rings. The number of hydrogen-bond acceptors (Lipinski definition) is 3. The van der Waals surface area contributed by atoms with Gasteiger partial charge in [0.25, 0.3) is 0 Å². The third-order valence-electron chi connectivity index (χ3n) is 2.97. The van der Waals surface area contributed by atoms with Gasteiger partial charge in [0.2, 0.25) is 11.8 Å². The molecule has 0 saturated heterocycles. The number of rotatable bonds is 4. The molecule has 108 valence electrons. The van der Waals surface area contributed by atoms with Crippen molar-refractivity contribution in [2.75, 3.05) is 4.90 Å². The molecule has 2 aromatic carbocycles. The zero-order valence-corrected chi connectivity index (χ0v) is 12.9. The van der Waals surface area contributed by atoms with Crippen LogP contribution in [0.15, 0.2) is 59.5 Å². The molecule has 0 N–H and O–H groups in total. The van der Waals surface area contributed by atoms with Gasteiger partial charge in [-0.15, -0.1) is 11.8 Å². The van der Waals surface area contributed by atoms with Gasteiger partial charge >= 0.3 is 0 Å². The molecule has 0 atom stereocenters. The summed E-state index contributed by atoms with van der Waals surface area (Å²) < 4.78 is 0. The van der Waals surface area contributed by atoms with E-state index >= 15 is 0 Å². The lowest BCUT2D eigenvalue weighted by Crippen LogP contribution is -2.33. The molecule has 0 radical (unpaired) electrons. The minimum atomic E-state index is -0.268. The van der Waals surface area contributed by atoms with E-state index in [0.717, 1.165) is 10.6 Å². The third-order valence-corrected chi connectivity index (χ3v) is 4.11. The molecule has 2 rings (SSSR count). The smallest absolute Gasteiger partial charge is 0.230 e. The summed E-state index contributed by atoms with van der Waals surface area (Å²) in [6.45, 7) is 2.81. The first-order valence-corrected chi connectivity index (χ1v) is 7.65. The molecule has 0 unspecified atom stereocenters. The first kappa shape index (κ1) is 15.3. The monoisotopic (exact) mass is 299 g/mol. The number of nitrogens with zero attached hydrogens (tertiary/aromatic N) is 1. The Morgan fingerprint density at radius 2 is 1.48 bits per heavy atom. The van der Waals surface area contributed by atoms with Crippen LogP contribution in [-0.4, -0.2) is 11.8 Å². The predicted molar refractivity (Wildman–Crippen MR) is 86.3 cm³/mol. The van der Waals surface area contributed by atoms with E-state index in [9.17, 15) is 9.59 Å². The third kappa shape index (κ3) is 3.95. The number of anilines is 1. The highest BCUT2D eigenvalue weighted by Gasteiger charge is 2.19. The molecular weight excluding hydrogens is 282 g/mol. The van der Waals surface area contributed by atoms with Crippen molar-refractivity contribution >= 4 is 29.3 Å². The first-order valence-electron chi connectivity index (χ1n) is 6.66. The summed E-state index contributed by atoms with van der Waals surface area (Å²) in [6, 6.07) is 17.6. The number of imide groups is 1. The molecule has 0 saturated carbocycles.